The molecule has 0 saturated carbocycles. The summed E-state index contributed by atoms with van der Waals surface area (Å²) in [6, 6.07) is 5.88. The van der Waals surface area contributed by atoms with Gasteiger partial charge in [-0.25, -0.2) is 4.79 Å². The van der Waals surface area contributed by atoms with E-state index in [1.807, 2.05) is 0 Å². The third-order valence-corrected chi connectivity index (χ3v) is 1.75. The summed E-state index contributed by atoms with van der Waals surface area (Å²) < 4.78 is 0. The number of aromatic carboxylic acids is 1. The summed E-state index contributed by atoms with van der Waals surface area (Å²) in [6.45, 7) is 3.25. The van der Waals surface area contributed by atoms with Gasteiger partial charge < -0.3 is 5.11 Å². The highest BCUT2D eigenvalue weighted by Gasteiger charge is 2.00. The first kappa shape index (κ1) is 11.8. The number of carbonyl (C=O) groups excluding carboxylic acids is 1. The summed E-state index contributed by atoms with van der Waals surface area (Å²) in [7, 11) is 0. The van der Waals surface area contributed by atoms with E-state index in [-0.39, 0.29) is 17.9 Å². The highest BCUT2D eigenvalue weighted by molar-refractivity contribution is 5.90. The molecule has 0 spiro atoms. The maximum atomic E-state index is 10.8. The van der Waals surface area contributed by atoms with Gasteiger partial charge in [-0.3, -0.25) is 4.79 Å². The minimum absolute atomic E-state index is 0.0514. The SMILES string of the molecule is C=CC(=O)CN=Nc1ccc(C(=O)O)cc1. The second-order valence-corrected chi connectivity index (χ2v) is 2.92. The van der Waals surface area contributed by atoms with Crippen LogP contribution in [0.2, 0.25) is 0 Å². The fourth-order valence-electron chi connectivity index (χ4n) is 0.922. The standard InChI is InChI=1S/C11H10N2O3/c1-2-10(14)7-12-13-9-5-3-8(4-6-9)11(15)16/h2-6H,1,7H2,(H,15,16). The van der Waals surface area contributed by atoms with Crippen molar-refractivity contribution in [2.45, 2.75) is 0 Å². The maximum absolute atomic E-state index is 10.8. The first-order valence-electron chi connectivity index (χ1n) is 4.49. The van der Waals surface area contributed by atoms with Gasteiger partial charge in [0.05, 0.1) is 11.3 Å². The van der Waals surface area contributed by atoms with Gasteiger partial charge in [-0.2, -0.15) is 10.2 Å². The first-order chi connectivity index (χ1) is 7.63. The summed E-state index contributed by atoms with van der Waals surface area (Å²) in [5.74, 6) is -1.21. The molecule has 1 aromatic rings. The Morgan fingerprint density at radius 1 is 1.31 bits per heavy atom. The molecule has 0 atom stereocenters. The molecule has 1 rings (SSSR count). The minimum Gasteiger partial charge on any atom is -0.478 e. The lowest BCUT2D eigenvalue weighted by atomic mass is 10.2. The molecule has 0 amide bonds. The van der Waals surface area contributed by atoms with Gasteiger partial charge in [0.15, 0.2) is 5.78 Å². The second-order valence-electron chi connectivity index (χ2n) is 2.92. The Balaban J connectivity index is 2.65. The summed E-state index contributed by atoms with van der Waals surface area (Å²) in [5.41, 5.74) is 0.683. The first-order valence-corrected chi connectivity index (χ1v) is 4.49. The highest BCUT2D eigenvalue weighted by atomic mass is 16.4. The number of carboxylic acid groups (broad SMARTS) is 1. The van der Waals surface area contributed by atoms with Crippen LogP contribution >= 0.6 is 0 Å². The van der Waals surface area contributed by atoms with Gasteiger partial charge in [-0.1, -0.05) is 6.58 Å². The van der Waals surface area contributed by atoms with E-state index in [1.54, 1.807) is 0 Å². The van der Waals surface area contributed by atoms with Crippen LogP contribution in [0.4, 0.5) is 5.69 Å². The number of ketones is 1. The van der Waals surface area contributed by atoms with Crippen molar-refractivity contribution in [2.75, 3.05) is 6.54 Å². The fraction of sp³-hybridized carbons (Fsp3) is 0.0909. The Kier molecular flexibility index (Phi) is 4.08. The van der Waals surface area contributed by atoms with E-state index in [2.05, 4.69) is 16.8 Å². The Morgan fingerprint density at radius 2 is 1.94 bits per heavy atom. The van der Waals surface area contributed by atoms with Crippen LogP contribution in [-0.2, 0) is 4.79 Å². The Bertz CT molecular complexity index is 435. The van der Waals surface area contributed by atoms with Gasteiger partial charge >= 0.3 is 5.97 Å². The van der Waals surface area contributed by atoms with Gasteiger partial charge in [0.2, 0.25) is 0 Å². The zero-order valence-electron chi connectivity index (χ0n) is 8.46. The molecule has 16 heavy (non-hydrogen) atoms. The number of benzene rings is 1. The molecule has 5 nitrogen and oxygen atoms in total. The third-order valence-electron chi connectivity index (χ3n) is 1.75. The molecule has 0 saturated heterocycles. The highest BCUT2D eigenvalue weighted by Crippen LogP contribution is 2.13. The normalized spacial score (nSPS) is 10.2. The van der Waals surface area contributed by atoms with E-state index in [0.29, 0.717) is 5.69 Å². The lowest BCUT2D eigenvalue weighted by Crippen LogP contribution is -1.95. The summed E-state index contributed by atoms with van der Waals surface area (Å²) >= 11 is 0. The van der Waals surface area contributed by atoms with Crippen LogP contribution in [0.5, 0.6) is 0 Å². The van der Waals surface area contributed by atoms with Crippen molar-refractivity contribution in [3.8, 4) is 0 Å². The summed E-state index contributed by atoms with van der Waals surface area (Å²) in [5, 5.41) is 16.0. The number of carbonyl (C=O) groups is 2. The van der Waals surface area contributed by atoms with E-state index in [9.17, 15) is 9.59 Å². The van der Waals surface area contributed by atoms with Gasteiger partial charge in [0.1, 0.15) is 6.54 Å². The van der Waals surface area contributed by atoms with Crippen LogP contribution in [0.1, 0.15) is 10.4 Å². The van der Waals surface area contributed by atoms with E-state index in [0.717, 1.165) is 0 Å². The molecule has 0 aliphatic rings. The van der Waals surface area contributed by atoms with E-state index >= 15 is 0 Å². The maximum Gasteiger partial charge on any atom is 0.335 e. The number of rotatable bonds is 5. The fourth-order valence-corrected chi connectivity index (χ4v) is 0.922. The predicted molar refractivity (Wildman–Crippen MR) is 58.0 cm³/mol. The molecule has 0 heterocycles. The van der Waals surface area contributed by atoms with E-state index < -0.39 is 5.97 Å². The van der Waals surface area contributed by atoms with Crippen LogP contribution in [0, 0.1) is 0 Å². The number of nitrogens with zero attached hydrogens (tertiary/aromatic N) is 2. The molecule has 0 aromatic heterocycles. The summed E-state index contributed by atoms with van der Waals surface area (Å²) in [6.07, 6.45) is 1.17. The molecular weight excluding hydrogens is 208 g/mol. The average molecular weight is 218 g/mol. The molecular formula is C11H10N2O3. The molecule has 0 fully saturated rings. The molecule has 82 valence electrons. The molecule has 1 aromatic carbocycles. The molecule has 0 unspecified atom stereocenters. The molecule has 0 aliphatic carbocycles. The smallest absolute Gasteiger partial charge is 0.335 e. The second kappa shape index (κ2) is 5.55. The van der Waals surface area contributed by atoms with E-state index in [4.69, 9.17) is 5.11 Å². The molecule has 0 radical (unpaired) electrons. The van der Waals surface area contributed by atoms with Crippen LogP contribution < -0.4 is 0 Å². The van der Waals surface area contributed by atoms with Crippen LogP contribution in [0.3, 0.4) is 0 Å². The van der Waals surface area contributed by atoms with Gasteiger partial charge in [0, 0.05) is 0 Å². The largest absolute Gasteiger partial charge is 0.478 e. The lowest BCUT2D eigenvalue weighted by molar-refractivity contribution is -0.113. The van der Waals surface area contributed by atoms with Crippen molar-refractivity contribution in [3.63, 3.8) is 0 Å². The zero-order valence-corrected chi connectivity index (χ0v) is 8.46. The van der Waals surface area contributed by atoms with Crippen molar-refractivity contribution in [2.24, 2.45) is 10.2 Å². The predicted octanol–water partition coefficient (Wildman–Crippen LogP) is 2.22. The van der Waals surface area contributed by atoms with Gasteiger partial charge in [0.25, 0.3) is 0 Å². The Morgan fingerprint density at radius 3 is 2.44 bits per heavy atom. The number of carboxylic acids is 1. The molecule has 1 N–H and O–H groups in total. The average Bonchev–Trinajstić information content (AvgIpc) is 2.29. The van der Waals surface area contributed by atoms with Crippen molar-refractivity contribution in [3.05, 3.63) is 42.5 Å². The Labute approximate surface area is 92.1 Å². The number of hydrogen-bond acceptors (Lipinski definition) is 4. The molecule has 0 bridgehead atoms. The number of hydrogen-bond donors (Lipinski definition) is 1. The van der Waals surface area contributed by atoms with Crippen molar-refractivity contribution in [1.82, 2.24) is 0 Å². The van der Waals surface area contributed by atoms with Gasteiger partial charge in [-0.05, 0) is 30.3 Å². The quantitative estimate of drug-likeness (QED) is 0.607. The van der Waals surface area contributed by atoms with Crippen molar-refractivity contribution >= 4 is 17.4 Å². The molecule has 0 aliphatic heterocycles. The van der Waals surface area contributed by atoms with E-state index in [1.165, 1.54) is 30.3 Å². The molecule has 5 heteroatoms. The lowest BCUT2D eigenvalue weighted by Gasteiger charge is -1.94. The van der Waals surface area contributed by atoms with Gasteiger partial charge in [-0.15, -0.1) is 0 Å². The number of azo groups is 1. The minimum atomic E-state index is -0.995. The van der Waals surface area contributed by atoms with Crippen molar-refractivity contribution in [1.29, 1.82) is 0 Å². The van der Waals surface area contributed by atoms with Crippen LogP contribution in [0.15, 0.2) is 47.1 Å². The monoisotopic (exact) mass is 218 g/mol. The van der Waals surface area contributed by atoms with Crippen molar-refractivity contribution < 1.29 is 14.7 Å². The Hall–Kier alpha value is -2.30. The van der Waals surface area contributed by atoms with Crippen LogP contribution in [-0.4, -0.2) is 23.4 Å². The summed E-state index contributed by atoms with van der Waals surface area (Å²) in [4.78, 5) is 21.3. The van der Waals surface area contributed by atoms with Crippen LogP contribution in [0.25, 0.3) is 0 Å². The third kappa shape index (κ3) is 3.45. The zero-order chi connectivity index (χ0) is 12.0. The topological polar surface area (TPSA) is 79.1 Å².